The van der Waals surface area contributed by atoms with Gasteiger partial charge >= 0.3 is 12.1 Å². The zero-order valence-electron chi connectivity index (χ0n) is 29.7. The number of benzene rings is 1. The minimum atomic E-state index is -0.412. The van der Waals surface area contributed by atoms with Crippen LogP contribution in [0.5, 0.6) is 0 Å². The second-order valence-corrected chi connectivity index (χ2v) is 14.4. The molecule has 0 bridgehead atoms. The van der Waals surface area contributed by atoms with Crippen LogP contribution in [0.3, 0.4) is 0 Å². The molecule has 0 aliphatic carbocycles. The Morgan fingerprint density at radius 2 is 1.20 bits per heavy atom. The van der Waals surface area contributed by atoms with Gasteiger partial charge in [-0.1, -0.05) is 76.1 Å². The van der Waals surface area contributed by atoms with Crippen LogP contribution in [0.2, 0.25) is 0 Å². The van der Waals surface area contributed by atoms with Crippen LogP contribution in [0.25, 0.3) is 10.8 Å². The number of amides is 4. The third kappa shape index (κ3) is 8.19. The second-order valence-electron chi connectivity index (χ2n) is 14.4. The minimum Gasteiger partial charge on any atom is -0.338 e. The van der Waals surface area contributed by atoms with Gasteiger partial charge in [0.2, 0.25) is 11.8 Å². The van der Waals surface area contributed by atoms with Crippen molar-refractivity contribution in [3.63, 3.8) is 0 Å². The summed E-state index contributed by atoms with van der Waals surface area (Å²) in [6.07, 6.45) is 4.66. The largest absolute Gasteiger partial charge is 0.343 e. The Balaban J connectivity index is 0.000000230. The maximum atomic E-state index is 13.0. The minimum absolute atomic E-state index is 0. The molecular weight excluding hydrogens is 655 g/mol. The van der Waals surface area contributed by atoms with Crippen molar-refractivity contribution in [3.05, 3.63) is 84.2 Å². The van der Waals surface area contributed by atoms with Gasteiger partial charge in [-0.2, -0.15) is 0 Å². The number of nitrogens with zero attached hydrogens (tertiary/aromatic N) is 8. The van der Waals surface area contributed by atoms with Crippen molar-refractivity contribution in [2.45, 2.75) is 65.2 Å². The molecule has 0 saturated carbocycles. The van der Waals surface area contributed by atoms with Gasteiger partial charge in [-0.15, -0.1) is 0 Å². The molecule has 6 heterocycles. The van der Waals surface area contributed by atoms with Gasteiger partial charge in [0, 0.05) is 63.6 Å². The van der Waals surface area contributed by atoms with E-state index in [1.807, 2.05) is 83.1 Å². The lowest BCUT2D eigenvalue weighted by Crippen LogP contribution is -2.44. The van der Waals surface area contributed by atoms with Crippen molar-refractivity contribution < 1.29 is 25.9 Å². The number of urea groups is 2. The van der Waals surface area contributed by atoms with E-state index in [-0.39, 0.29) is 25.7 Å². The summed E-state index contributed by atoms with van der Waals surface area (Å²) in [5.74, 6) is 1.52. The number of halogens is 1. The Hall–Kier alpha value is -5.73. The average molecular weight is 703 g/mol. The predicted octanol–water partition coefficient (Wildman–Crippen LogP) is 7.84. The first-order valence-electron chi connectivity index (χ1n) is 16.9. The maximum absolute atomic E-state index is 13.0. The molecule has 51 heavy (non-hydrogen) atoms. The first-order chi connectivity index (χ1) is 24.3. The van der Waals surface area contributed by atoms with E-state index in [9.17, 15) is 14.0 Å². The first-order valence-corrected chi connectivity index (χ1v) is 16.9. The summed E-state index contributed by atoms with van der Waals surface area (Å²) in [5, 5.41) is 22.5. The third-order valence-corrected chi connectivity index (χ3v) is 8.41. The maximum Gasteiger partial charge on any atom is 0.343 e. The van der Waals surface area contributed by atoms with Gasteiger partial charge in [0.15, 0.2) is 0 Å². The highest BCUT2D eigenvalue weighted by Gasteiger charge is 2.31. The van der Waals surface area contributed by atoms with Crippen LogP contribution >= 0.6 is 0 Å². The fraction of sp³-hybridized carbons (Fsp3) is 0.389. The summed E-state index contributed by atoms with van der Waals surface area (Å²) in [5.41, 5.74) is 1.26. The number of nitrogens with one attached hydrogen (secondary N) is 2. The van der Waals surface area contributed by atoms with Crippen LogP contribution in [0.15, 0.2) is 76.0 Å². The number of fused-ring (bicyclic) bond motifs is 1. The quantitative estimate of drug-likeness (QED) is 0.190. The molecule has 2 fully saturated rings. The first kappa shape index (κ1) is 35.1. The average Bonchev–Trinajstić information content (AvgIpc) is 3.92. The molecule has 0 radical (unpaired) electrons. The van der Waals surface area contributed by atoms with E-state index in [2.05, 4.69) is 30.9 Å². The molecule has 2 N–H and O–H groups in total. The molecule has 1 aromatic carbocycles. The number of carbonyl (C=O) groups is 2. The Morgan fingerprint density at radius 3 is 1.69 bits per heavy atom. The number of aromatic nitrogens is 4. The van der Waals surface area contributed by atoms with Gasteiger partial charge < -0.3 is 9.05 Å². The zero-order chi connectivity index (χ0) is 36.3. The van der Waals surface area contributed by atoms with Gasteiger partial charge in [-0.3, -0.25) is 20.7 Å². The fourth-order valence-corrected chi connectivity index (χ4v) is 5.57. The lowest BCUT2D eigenvalue weighted by atomic mass is 9.92. The molecule has 15 heteroatoms. The summed E-state index contributed by atoms with van der Waals surface area (Å²) in [6, 6.07) is 15.8. The molecule has 0 spiro atoms. The van der Waals surface area contributed by atoms with Crippen LogP contribution in [0.1, 0.15) is 68.6 Å². The number of rotatable bonds is 4. The van der Waals surface area contributed by atoms with Crippen molar-refractivity contribution in [3.8, 4) is 0 Å². The molecule has 0 unspecified atom stereocenters. The zero-order valence-corrected chi connectivity index (χ0v) is 29.7. The highest BCUT2D eigenvalue weighted by molar-refractivity contribution is 5.90. The lowest BCUT2D eigenvalue weighted by molar-refractivity contribution is 0.216. The van der Waals surface area contributed by atoms with Crippen LogP contribution in [0.4, 0.5) is 37.4 Å². The molecule has 4 amide bonds. The summed E-state index contributed by atoms with van der Waals surface area (Å²) >= 11 is 0. The van der Waals surface area contributed by atoms with E-state index in [1.54, 1.807) is 28.2 Å². The van der Waals surface area contributed by atoms with Gasteiger partial charge in [0.1, 0.15) is 17.5 Å². The molecule has 2 saturated heterocycles. The summed E-state index contributed by atoms with van der Waals surface area (Å²) in [7, 11) is 0. The topological polar surface area (TPSA) is 149 Å². The summed E-state index contributed by atoms with van der Waals surface area (Å²) < 4.78 is 23.5. The highest BCUT2D eigenvalue weighted by atomic mass is 19.1. The van der Waals surface area contributed by atoms with E-state index in [0.29, 0.717) is 37.2 Å². The third-order valence-electron chi connectivity index (χ3n) is 8.41. The number of hydrogen-bond acceptors (Lipinski definition) is 10. The van der Waals surface area contributed by atoms with Gasteiger partial charge in [0.05, 0.1) is 17.6 Å². The Kier molecular flexibility index (Phi) is 9.81. The standard InChI is InChI=1S/C20H23N5O2.C16H20FN5O2.2H2/c1-20(2,3)16-12-18(27-23-16)22-19(26)25-10-6-9-24(25)17-11-14-7-4-5-8-15(14)13-21-17;1-16(2,3)12-9-14(24-20-12)19-15(23)22-8-4-7-21(22)13-6-5-11(17)10-18-13;;/h4-5,7-8,11-13H,6,9-10H2,1-3H3,(H,22,26);5-6,9-10H,4,7-8H2,1-3H3,(H,19,23);2*1H. The van der Waals surface area contributed by atoms with Crippen LogP contribution < -0.4 is 20.7 Å². The fourth-order valence-electron chi connectivity index (χ4n) is 5.57. The molecular formula is C36H47FN10O4. The smallest absolute Gasteiger partial charge is 0.338 e. The monoisotopic (exact) mass is 702 g/mol. The van der Waals surface area contributed by atoms with Crippen LogP contribution in [-0.2, 0) is 10.8 Å². The van der Waals surface area contributed by atoms with Gasteiger partial charge in [-0.05, 0) is 36.4 Å². The van der Waals surface area contributed by atoms with E-state index in [4.69, 9.17) is 9.05 Å². The van der Waals surface area contributed by atoms with Gasteiger partial charge in [-0.25, -0.2) is 34.0 Å². The second kappa shape index (κ2) is 14.2. The van der Waals surface area contributed by atoms with Crippen molar-refractivity contribution in [2.75, 3.05) is 46.8 Å². The highest BCUT2D eigenvalue weighted by Crippen LogP contribution is 2.28. The molecule has 14 nitrogen and oxygen atoms in total. The Labute approximate surface area is 298 Å². The van der Waals surface area contributed by atoms with Crippen LogP contribution in [-0.4, -0.2) is 68.5 Å². The number of hydrazine groups is 2. The van der Waals surface area contributed by atoms with Gasteiger partial charge in [0.25, 0.3) is 0 Å². The lowest BCUT2D eigenvalue weighted by Gasteiger charge is -2.28. The molecule has 272 valence electrons. The molecule has 0 atom stereocenters. The summed E-state index contributed by atoms with van der Waals surface area (Å²) in [6.45, 7) is 14.7. The molecule has 2 aliphatic rings. The van der Waals surface area contributed by atoms with Crippen molar-refractivity contribution in [1.82, 2.24) is 30.3 Å². The van der Waals surface area contributed by atoms with E-state index >= 15 is 0 Å². The van der Waals surface area contributed by atoms with Crippen molar-refractivity contribution in [1.29, 1.82) is 0 Å². The van der Waals surface area contributed by atoms with E-state index in [1.165, 1.54) is 11.1 Å². The van der Waals surface area contributed by atoms with Crippen molar-refractivity contribution in [2.24, 2.45) is 0 Å². The molecule has 2 aliphatic heterocycles. The van der Waals surface area contributed by atoms with E-state index < -0.39 is 5.82 Å². The number of anilines is 4. The molecule has 7 rings (SSSR count). The molecule has 5 aromatic rings. The number of carbonyl (C=O) groups excluding carboxylic acids is 2. The van der Waals surface area contributed by atoms with Crippen molar-refractivity contribution >= 4 is 46.2 Å². The van der Waals surface area contributed by atoms with Crippen LogP contribution in [0, 0.1) is 5.82 Å². The Morgan fingerprint density at radius 1 is 0.686 bits per heavy atom. The number of pyridine rings is 2. The predicted molar refractivity (Wildman–Crippen MR) is 196 cm³/mol. The normalized spacial score (nSPS) is 14.9. The number of hydrogen-bond donors (Lipinski definition) is 2. The van der Waals surface area contributed by atoms with E-state index in [0.717, 1.165) is 53.6 Å². The molecule has 4 aromatic heterocycles. The SMILES string of the molecule is CC(C)(C)c1cc(NC(=O)N2CCCN2c2cc3ccccc3cn2)on1.CC(C)(C)c1cc(NC(=O)N2CCCN2c2ccc(F)cn2)on1.[HH].[HH]. The summed E-state index contributed by atoms with van der Waals surface area (Å²) in [4.78, 5) is 33.8. The Bertz CT molecular complexity index is 1990.